The quantitative estimate of drug-likeness (QED) is 0.266. The van der Waals surface area contributed by atoms with Gasteiger partial charge in [-0.15, -0.1) is 0 Å². The molecule has 0 saturated heterocycles. The number of hydrogen-bond acceptors (Lipinski definition) is 9. The molecular weight excluding hydrogens is 522 g/mol. The fraction of sp³-hybridized carbons (Fsp3) is 0.310. The first-order valence-electron chi connectivity index (χ1n) is 12.4. The molecule has 2 atom stereocenters. The summed E-state index contributed by atoms with van der Waals surface area (Å²) in [6.45, 7) is 0.399. The van der Waals surface area contributed by atoms with Crippen LogP contribution in [0.5, 0.6) is 11.5 Å². The van der Waals surface area contributed by atoms with Crippen LogP contribution in [0.25, 0.3) is 0 Å². The largest absolute Gasteiger partial charge is 0.497 e. The summed E-state index contributed by atoms with van der Waals surface area (Å²) in [5, 5.41) is 8.96. The van der Waals surface area contributed by atoms with Gasteiger partial charge in [-0.2, -0.15) is 0 Å². The van der Waals surface area contributed by atoms with Crippen LogP contribution in [0.15, 0.2) is 88.8 Å². The molecule has 0 spiro atoms. The summed E-state index contributed by atoms with van der Waals surface area (Å²) in [7, 11) is -0.968. The maximum Gasteiger partial charge on any atom is 0.338 e. The van der Waals surface area contributed by atoms with Gasteiger partial charge in [0.05, 0.1) is 31.5 Å². The van der Waals surface area contributed by atoms with E-state index < -0.39 is 27.4 Å². The number of nitrogens with zero attached hydrogens (tertiary/aromatic N) is 1. The van der Waals surface area contributed by atoms with Crippen molar-refractivity contribution in [2.45, 2.75) is 29.4 Å². The van der Waals surface area contributed by atoms with E-state index in [1.807, 2.05) is 0 Å². The standard InChI is InChI=1S/C29H31NO8S/c1-35-24-9-6-8-22(20-24)26-29(28(32)36-2,16-19-39(33,34)25-10-4-3-5-11-25)30-27(38-26)21-12-14-23(15-13-21)37-18-7-17-31/h3-6,8-15,20,26,31H,7,16-19H2,1-2H3/t26-,29-/m1/s1. The molecule has 0 bridgehead atoms. The van der Waals surface area contributed by atoms with E-state index in [0.29, 0.717) is 35.7 Å². The molecule has 206 valence electrons. The summed E-state index contributed by atoms with van der Waals surface area (Å²) < 4.78 is 48.8. The van der Waals surface area contributed by atoms with Crippen molar-refractivity contribution >= 4 is 21.7 Å². The van der Waals surface area contributed by atoms with Gasteiger partial charge in [-0.1, -0.05) is 30.3 Å². The Kier molecular flexibility index (Phi) is 8.88. The molecule has 0 aromatic heterocycles. The molecule has 0 saturated carbocycles. The number of aliphatic hydroxyl groups is 1. The monoisotopic (exact) mass is 553 g/mol. The Morgan fingerprint density at radius 3 is 2.41 bits per heavy atom. The van der Waals surface area contributed by atoms with Crippen molar-refractivity contribution in [3.63, 3.8) is 0 Å². The predicted octanol–water partition coefficient (Wildman–Crippen LogP) is 3.75. The first-order chi connectivity index (χ1) is 18.8. The molecule has 3 aromatic carbocycles. The van der Waals surface area contributed by atoms with E-state index in [4.69, 9.17) is 29.0 Å². The van der Waals surface area contributed by atoms with E-state index in [0.717, 1.165) is 0 Å². The smallest absolute Gasteiger partial charge is 0.338 e. The molecule has 3 aromatic rings. The number of aliphatic imine (C=N–C) groups is 1. The number of carbonyl (C=O) groups is 1. The molecule has 0 amide bonds. The van der Waals surface area contributed by atoms with Crippen LogP contribution < -0.4 is 9.47 Å². The van der Waals surface area contributed by atoms with Gasteiger partial charge in [-0.25, -0.2) is 18.2 Å². The molecule has 9 nitrogen and oxygen atoms in total. The lowest BCUT2D eigenvalue weighted by atomic mass is 9.86. The van der Waals surface area contributed by atoms with Crippen molar-refractivity contribution in [2.75, 3.05) is 33.2 Å². The molecule has 1 aliphatic rings. The highest BCUT2D eigenvalue weighted by Crippen LogP contribution is 2.44. The molecule has 4 rings (SSSR count). The van der Waals surface area contributed by atoms with Gasteiger partial charge in [0.1, 0.15) is 11.5 Å². The number of ether oxygens (including phenoxy) is 4. The third kappa shape index (κ3) is 6.23. The Labute approximate surface area is 227 Å². The van der Waals surface area contributed by atoms with Crippen molar-refractivity contribution in [3.05, 3.63) is 90.0 Å². The van der Waals surface area contributed by atoms with Crippen molar-refractivity contribution < 1.29 is 37.3 Å². The molecule has 1 heterocycles. The second kappa shape index (κ2) is 12.3. The molecule has 39 heavy (non-hydrogen) atoms. The third-order valence-corrected chi connectivity index (χ3v) is 8.16. The number of sulfone groups is 1. The first-order valence-corrected chi connectivity index (χ1v) is 14.1. The van der Waals surface area contributed by atoms with E-state index in [9.17, 15) is 13.2 Å². The molecule has 0 fully saturated rings. The molecule has 10 heteroatoms. The van der Waals surface area contributed by atoms with Crippen molar-refractivity contribution in [2.24, 2.45) is 4.99 Å². The Balaban J connectivity index is 1.74. The second-order valence-corrected chi connectivity index (χ2v) is 11.0. The zero-order valence-corrected chi connectivity index (χ0v) is 22.6. The SMILES string of the molecule is COC(=O)[C@]1(CCS(=O)(=O)c2ccccc2)N=C(c2ccc(OCCCO)cc2)O[C@@H]1c1cccc(OC)c1. The fourth-order valence-electron chi connectivity index (χ4n) is 4.36. The van der Waals surface area contributed by atoms with Crippen LogP contribution in [0.1, 0.15) is 30.1 Å². The van der Waals surface area contributed by atoms with Gasteiger partial charge in [-0.3, -0.25) is 0 Å². The van der Waals surface area contributed by atoms with E-state index >= 15 is 0 Å². The van der Waals surface area contributed by atoms with Crippen LogP contribution in [0.4, 0.5) is 0 Å². The minimum atomic E-state index is -3.74. The molecular formula is C29H31NO8S. The summed E-state index contributed by atoms with van der Waals surface area (Å²) in [5.41, 5.74) is -0.511. The van der Waals surface area contributed by atoms with Gasteiger partial charge >= 0.3 is 5.97 Å². The van der Waals surface area contributed by atoms with E-state index in [2.05, 4.69) is 0 Å². The van der Waals surface area contributed by atoms with Gasteiger partial charge < -0.3 is 24.1 Å². The van der Waals surface area contributed by atoms with Gasteiger partial charge in [-0.05, 0) is 54.1 Å². The van der Waals surface area contributed by atoms with Crippen molar-refractivity contribution in [3.8, 4) is 11.5 Å². The Morgan fingerprint density at radius 1 is 1.00 bits per heavy atom. The summed E-state index contributed by atoms with van der Waals surface area (Å²) >= 11 is 0. The third-order valence-electron chi connectivity index (χ3n) is 6.43. The molecule has 1 aliphatic heterocycles. The number of aliphatic hydroxyl groups excluding tert-OH is 1. The average molecular weight is 554 g/mol. The van der Waals surface area contributed by atoms with Crippen molar-refractivity contribution in [1.82, 2.24) is 0 Å². The van der Waals surface area contributed by atoms with Crippen molar-refractivity contribution in [1.29, 1.82) is 0 Å². The second-order valence-electron chi connectivity index (χ2n) is 8.94. The van der Waals surface area contributed by atoms with Crippen LogP contribution in [0.2, 0.25) is 0 Å². The fourth-order valence-corrected chi connectivity index (χ4v) is 5.75. The lowest BCUT2D eigenvalue weighted by Gasteiger charge is -2.29. The number of benzene rings is 3. The van der Waals surface area contributed by atoms with E-state index in [1.54, 1.807) is 66.7 Å². The number of esters is 1. The van der Waals surface area contributed by atoms with Crippen LogP contribution in [-0.4, -0.2) is 64.1 Å². The zero-order chi connectivity index (χ0) is 27.9. The summed E-state index contributed by atoms with van der Waals surface area (Å²) in [6.07, 6.45) is -0.640. The number of rotatable bonds is 12. The highest BCUT2D eigenvalue weighted by atomic mass is 32.2. The van der Waals surface area contributed by atoms with Gasteiger partial charge in [0.25, 0.3) is 0 Å². The number of hydrogen-bond donors (Lipinski definition) is 1. The molecule has 0 radical (unpaired) electrons. The van der Waals surface area contributed by atoms with Crippen LogP contribution >= 0.6 is 0 Å². The Morgan fingerprint density at radius 2 is 1.74 bits per heavy atom. The highest BCUT2D eigenvalue weighted by Gasteiger charge is 2.54. The molecule has 0 unspecified atom stereocenters. The summed E-state index contributed by atoms with van der Waals surface area (Å²) in [4.78, 5) is 18.3. The lowest BCUT2D eigenvalue weighted by molar-refractivity contribution is -0.150. The summed E-state index contributed by atoms with van der Waals surface area (Å²) in [5.74, 6) is 0.252. The van der Waals surface area contributed by atoms with Crippen LogP contribution in [-0.2, 0) is 24.1 Å². The average Bonchev–Trinajstić information content (AvgIpc) is 3.38. The molecule has 1 N–H and O–H groups in total. The predicted molar refractivity (Wildman–Crippen MR) is 145 cm³/mol. The van der Waals surface area contributed by atoms with Gasteiger partial charge in [0.2, 0.25) is 11.4 Å². The Bertz CT molecular complexity index is 1410. The zero-order valence-electron chi connectivity index (χ0n) is 21.8. The maximum absolute atomic E-state index is 13.4. The normalized spacial score (nSPS) is 18.6. The maximum atomic E-state index is 13.4. The molecule has 0 aliphatic carbocycles. The lowest BCUT2D eigenvalue weighted by Crippen LogP contribution is -2.43. The highest BCUT2D eigenvalue weighted by molar-refractivity contribution is 7.91. The Hall–Kier alpha value is -3.89. The topological polar surface area (TPSA) is 121 Å². The minimum absolute atomic E-state index is 0.0317. The van der Waals surface area contributed by atoms with Crippen LogP contribution in [0.3, 0.4) is 0 Å². The van der Waals surface area contributed by atoms with Gasteiger partial charge in [0, 0.05) is 25.0 Å². The first kappa shape index (κ1) is 28.1. The van der Waals surface area contributed by atoms with E-state index in [-0.39, 0.29) is 29.6 Å². The number of methoxy groups -OCH3 is 2. The summed E-state index contributed by atoms with van der Waals surface area (Å²) in [6, 6.07) is 22.0. The van der Waals surface area contributed by atoms with Crippen LogP contribution in [0, 0.1) is 0 Å². The number of carbonyl (C=O) groups excluding carboxylic acids is 1. The van der Waals surface area contributed by atoms with E-state index in [1.165, 1.54) is 26.4 Å². The minimum Gasteiger partial charge on any atom is -0.497 e. The van der Waals surface area contributed by atoms with Gasteiger partial charge in [0.15, 0.2) is 15.9 Å².